The van der Waals surface area contributed by atoms with E-state index in [4.69, 9.17) is 15.2 Å². The standard InChI is InChI=1S/C18H19FN2O4/c1-21(10-11-24-14-8-6-13(19)7-9-14)18(23)15-4-2-3-5-16(15)25-12-17(20)22/h2-9H,10-12H2,1H3,(H2,20,22). The van der Waals surface area contributed by atoms with Crippen molar-refractivity contribution in [2.75, 3.05) is 26.8 Å². The van der Waals surface area contributed by atoms with Gasteiger partial charge in [0.25, 0.3) is 11.8 Å². The lowest BCUT2D eigenvalue weighted by Gasteiger charge is -2.19. The van der Waals surface area contributed by atoms with E-state index in [0.717, 1.165) is 0 Å². The molecule has 25 heavy (non-hydrogen) atoms. The molecule has 7 heteroatoms. The van der Waals surface area contributed by atoms with E-state index in [2.05, 4.69) is 0 Å². The molecule has 0 bridgehead atoms. The topological polar surface area (TPSA) is 81.9 Å². The van der Waals surface area contributed by atoms with Gasteiger partial charge in [-0.25, -0.2) is 4.39 Å². The van der Waals surface area contributed by atoms with Gasteiger partial charge >= 0.3 is 0 Å². The van der Waals surface area contributed by atoms with Crippen molar-refractivity contribution in [1.29, 1.82) is 0 Å². The molecule has 2 amide bonds. The second-order valence-corrected chi connectivity index (χ2v) is 5.28. The van der Waals surface area contributed by atoms with Gasteiger partial charge in [-0.05, 0) is 36.4 Å². The van der Waals surface area contributed by atoms with Gasteiger partial charge in [0.15, 0.2) is 6.61 Å². The number of carbonyl (C=O) groups is 2. The first-order chi connectivity index (χ1) is 12.0. The summed E-state index contributed by atoms with van der Waals surface area (Å²) in [5.41, 5.74) is 5.38. The molecule has 2 rings (SSSR count). The lowest BCUT2D eigenvalue weighted by Crippen LogP contribution is -2.31. The Kier molecular flexibility index (Phi) is 6.33. The minimum absolute atomic E-state index is 0.248. The Labute approximate surface area is 144 Å². The Morgan fingerprint density at radius 2 is 1.76 bits per heavy atom. The van der Waals surface area contributed by atoms with Crippen molar-refractivity contribution in [3.8, 4) is 11.5 Å². The monoisotopic (exact) mass is 346 g/mol. The number of amides is 2. The summed E-state index contributed by atoms with van der Waals surface area (Å²) < 4.78 is 23.6. The number of ether oxygens (including phenoxy) is 2. The third-order valence-electron chi connectivity index (χ3n) is 3.34. The molecule has 0 aliphatic carbocycles. The number of primary amides is 1. The smallest absolute Gasteiger partial charge is 0.257 e. The fourth-order valence-corrected chi connectivity index (χ4v) is 2.06. The third-order valence-corrected chi connectivity index (χ3v) is 3.34. The van der Waals surface area contributed by atoms with Crippen LogP contribution in [0.2, 0.25) is 0 Å². The Bertz CT molecular complexity index is 734. The number of hydrogen-bond acceptors (Lipinski definition) is 4. The van der Waals surface area contributed by atoms with Crippen molar-refractivity contribution in [2.45, 2.75) is 0 Å². The number of carbonyl (C=O) groups excluding carboxylic acids is 2. The molecule has 0 saturated carbocycles. The molecule has 0 unspecified atom stereocenters. The van der Waals surface area contributed by atoms with Crippen LogP contribution in [0.4, 0.5) is 4.39 Å². The van der Waals surface area contributed by atoms with Gasteiger partial charge in [0, 0.05) is 7.05 Å². The Balaban J connectivity index is 1.93. The number of rotatable bonds is 8. The zero-order valence-electron chi connectivity index (χ0n) is 13.8. The lowest BCUT2D eigenvalue weighted by molar-refractivity contribution is -0.119. The number of para-hydroxylation sites is 1. The molecule has 6 nitrogen and oxygen atoms in total. The van der Waals surface area contributed by atoms with Crippen molar-refractivity contribution in [1.82, 2.24) is 4.90 Å². The molecular formula is C18H19FN2O4. The molecule has 0 saturated heterocycles. The first kappa shape index (κ1) is 18.3. The van der Waals surface area contributed by atoms with Gasteiger partial charge in [0.2, 0.25) is 0 Å². The summed E-state index contributed by atoms with van der Waals surface area (Å²) in [5, 5.41) is 0. The summed E-state index contributed by atoms with van der Waals surface area (Å²) in [7, 11) is 1.63. The predicted octanol–water partition coefficient (Wildman–Crippen LogP) is 1.84. The van der Waals surface area contributed by atoms with Crippen LogP contribution >= 0.6 is 0 Å². The SMILES string of the molecule is CN(CCOc1ccc(F)cc1)C(=O)c1ccccc1OCC(N)=O. The molecule has 0 aromatic heterocycles. The summed E-state index contributed by atoms with van der Waals surface area (Å²) in [6.45, 7) is 0.264. The van der Waals surface area contributed by atoms with Crippen molar-refractivity contribution >= 4 is 11.8 Å². The summed E-state index contributed by atoms with van der Waals surface area (Å²) in [5.74, 6) is -0.427. The average molecular weight is 346 g/mol. The van der Waals surface area contributed by atoms with E-state index in [1.54, 1.807) is 31.3 Å². The number of benzene rings is 2. The van der Waals surface area contributed by atoms with E-state index in [1.165, 1.54) is 29.2 Å². The van der Waals surface area contributed by atoms with Crippen molar-refractivity contribution in [3.05, 3.63) is 59.9 Å². The maximum atomic E-state index is 12.8. The van der Waals surface area contributed by atoms with Gasteiger partial charge < -0.3 is 20.1 Å². The van der Waals surface area contributed by atoms with Crippen molar-refractivity contribution < 1.29 is 23.5 Å². The third kappa shape index (κ3) is 5.49. The fourth-order valence-electron chi connectivity index (χ4n) is 2.06. The van der Waals surface area contributed by atoms with Crippen LogP contribution in [0.25, 0.3) is 0 Å². The van der Waals surface area contributed by atoms with Gasteiger partial charge in [-0.15, -0.1) is 0 Å². The molecule has 0 spiro atoms. The summed E-state index contributed by atoms with van der Waals surface area (Å²) in [6, 6.07) is 12.2. The van der Waals surface area contributed by atoms with Gasteiger partial charge in [-0.2, -0.15) is 0 Å². The molecular weight excluding hydrogens is 327 g/mol. The van der Waals surface area contributed by atoms with Crippen LogP contribution in [0, 0.1) is 5.82 Å². The van der Waals surface area contributed by atoms with Crippen LogP contribution < -0.4 is 15.2 Å². The van der Waals surface area contributed by atoms with E-state index >= 15 is 0 Å². The molecule has 0 radical (unpaired) electrons. The van der Waals surface area contributed by atoms with Crippen LogP contribution in [0.3, 0.4) is 0 Å². The maximum absolute atomic E-state index is 12.8. The average Bonchev–Trinajstić information content (AvgIpc) is 2.61. The zero-order chi connectivity index (χ0) is 18.2. The first-order valence-electron chi connectivity index (χ1n) is 7.61. The molecule has 0 aliphatic rings. The molecule has 0 atom stereocenters. The minimum atomic E-state index is -0.622. The molecule has 2 N–H and O–H groups in total. The van der Waals surface area contributed by atoms with Crippen LogP contribution in [0.15, 0.2) is 48.5 Å². The number of likely N-dealkylation sites (N-methyl/N-ethyl adjacent to an activating group) is 1. The Morgan fingerprint density at radius 1 is 1.08 bits per heavy atom. The van der Waals surface area contributed by atoms with Crippen LogP contribution in [-0.2, 0) is 4.79 Å². The van der Waals surface area contributed by atoms with Crippen LogP contribution in [-0.4, -0.2) is 43.5 Å². The molecule has 2 aromatic carbocycles. The molecule has 132 valence electrons. The molecule has 2 aromatic rings. The molecule has 0 heterocycles. The van der Waals surface area contributed by atoms with E-state index in [-0.39, 0.29) is 30.7 Å². The van der Waals surface area contributed by atoms with E-state index in [9.17, 15) is 14.0 Å². The highest BCUT2D eigenvalue weighted by Crippen LogP contribution is 2.19. The first-order valence-corrected chi connectivity index (χ1v) is 7.61. The Hall–Kier alpha value is -3.09. The van der Waals surface area contributed by atoms with Gasteiger partial charge in [-0.3, -0.25) is 9.59 Å². The summed E-state index contributed by atoms with van der Waals surface area (Å²) in [6.07, 6.45) is 0. The van der Waals surface area contributed by atoms with E-state index in [0.29, 0.717) is 17.9 Å². The zero-order valence-corrected chi connectivity index (χ0v) is 13.8. The number of halogens is 1. The van der Waals surface area contributed by atoms with Gasteiger partial charge in [0.1, 0.15) is 23.9 Å². The summed E-state index contributed by atoms with van der Waals surface area (Å²) >= 11 is 0. The highest BCUT2D eigenvalue weighted by molar-refractivity contribution is 5.96. The molecule has 0 aliphatic heterocycles. The lowest BCUT2D eigenvalue weighted by atomic mass is 10.2. The minimum Gasteiger partial charge on any atom is -0.492 e. The van der Waals surface area contributed by atoms with Crippen LogP contribution in [0.5, 0.6) is 11.5 Å². The second kappa shape index (κ2) is 8.68. The molecule has 0 fully saturated rings. The van der Waals surface area contributed by atoms with E-state index < -0.39 is 5.91 Å². The highest BCUT2D eigenvalue weighted by Gasteiger charge is 2.17. The van der Waals surface area contributed by atoms with E-state index in [1.807, 2.05) is 0 Å². The largest absolute Gasteiger partial charge is 0.492 e. The normalized spacial score (nSPS) is 10.2. The highest BCUT2D eigenvalue weighted by atomic mass is 19.1. The second-order valence-electron chi connectivity index (χ2n) is 5.28. The summed E-state index contributed by atoms with van der Waals surface area (Å²) in [4.78, 5) is 24.8. The quantitative estimate of drug-likeness (QED) is 0.791. The van der Waals surface area contributed by atoms with Gasteiger partial charge in [-0.1, -0.05) is 12.1 Å². The maximum Gasteiger partial charge on any atom is 0.257 e. The van der Waals surface area contributed by atoms with Crippen molar-refractivity contribution in [3.63, 3.8) is 0 Å². The predicted molar refractivity (Wildman–Crippen MR) is 90.0 cm³/mol. The van der Waals surface area contributed by atoms with Crippen LogP contribution in [0.1, 0.15) is 10.4 Å². The number of nitrogens with zero attached hydrogens (tertiary/aromatic N) is 1. The number of hydrogen-bond donors (Lipinski definition) is 1. The van der Waals surface area contributed by atoms with Crippen molar-refractivity contribution in [2.24, 2.45) is 5.73 Å². The number of nitrogens with two attached hydrogens (primary N) is 1. The Morgan fingerprint density at radius 3 is 2.44 bits per heavy atom. The fraction of sp³-hybridized carbons (Fsp3) is 0.222. The van der Waals surface area contributed by atoms with Gasteiger partial charge in [0.05, 0.1) is 12.1 Å².